The summed E-state index contributed by atoms with van der Waals surface area (Å²) in [6, 6.07) is 16.5. The third-order valence-electron chi connectivity index (χ3n) is 4.91. The molecule has 0 N–H and O–H groups in total. The van der Waals surface area contributed by atoms with E-state index in [-0.39, 0.29) is 27.0 Å². The van der Waals surface area contributed by atoms with Gasteiger partial charge in [-0.2, -0.15) is 13.2 Å². The quantitative estimate of drug-likeness (QED) is 0.595. The summed E-state index contributed by atoms with van der Waals surface area (Å²) in [4.78, 5) is 5.52. The third-order valence-corrected chi connectivity index (χ3v) is 6.67. The van der Waals surface area contributed by atoms with Crippen molar-refractivity contribution in [3.8, 4) is 5.75 Å². The highest BCUT2D eigenvalue weighted by Gasteiger charge is 2.57. The molecule has 0 aliphatic carbocycles. The van der Waals surface area contributed by atoms with Crippen LogP contribution in [0.1, 0.15) is 6.92 Å². The van der Waals surface area contributed by atoms with Gasteiger partial charge in [0.25, 0.3) is 0 Å². The summed E-state index contributed by atoms with van der Waals surface area (Å²) in [6.07, 6.45) is -3.19. The lowest BCUT2D eigenvalue weighted by Gasteiger charge is -2.43. The number of benzene rings is 2. The van der Waals surface area contributed by atoms with Crippen LogP contribution in [0.2, 0.25) is 0 Å². The SMILES string of the molecule is C[C@@]1(C(F)(F)F)CN(c2ccccn2)c2cc(S(=O)(=O)c3ccccc3)ccc2O1. The van der Waals surface area contributed by atoms with Crippen LogP contribution in [-0.2, 0) is 9.84 Å². The first kappa shape index (κ1) is 20.2. The van der Waals surface area contributed by atoms with Crippen molar-refractivity contribution in [3.05, 3.63) is 72.9 Å². The molecule has 9 heteroatoms. The van der Waals surface area contributed by atoms with Gasteiger partial charge < -0.3 is 9.64 Å². The Kier molecular flexibility index (Phi) is 4.73. The minimum atomic E-state index is -4.65. The van der Waals surface area contributed by atoms with Crippen LogP contribution in [0.5, 0.6) is 5.75 Å². The Morgan fingerprint density at radius 3 is 2.33 bits per heavy atom. The molecule has 5 nitrogen and oxygen atoms in total. The highest BCUT2D eigenvalue weighted by Crippen LogP contribution is 2.47. The number of hydrogen-bond acceptors (Lipinski definition) is 5. The predicted molar refractivity (Wildman–Crippen MR) is 105 cm³/mol. The number of halogens is 3. The largest absolute Gasteiger partial charge is 0.474 e. The van der Waals surface area contributed by atoms with Gasteiger partial charge in [0, 0.05) is 6.20 Å². The first-order valence-corrected chi connectivity index (χ1v) is 10.5. The van der Waals surface area contributed by atoms with Crippen LogP contribution >= 0.6 is 0 Å². The van der Waals surface area contributed by atoms with Crippen molar-refractivity contribution in [1.29, 1.82) is 0 Å². The van der Waals surface area contributed by atoms with Crippen LogP contribution in [0.25, 0.3) is 0 Å². The van der Waals surface area contributed by atoms with Crippen LogP contribution < -0.4 is 9.64 Å². The molecule has 4 rings (SSSR count). The molecule has 0 unspecified atom stereocenters. The fraction of sp³-hybridized carbons (Fsp3) is 0.190. The molecular weight excluding hydrogens is 417 g/mol. The van der Waals surface area contributed by atoms with E-state index < -0.39 is 28.2 Å². The van der Waals surface area contributed by atoms with Gasteiger partial charge >= 0.3 is 6.18 Å². The van der Waals surface area contributed by atoms with E-state index in [1.54, 1.807) is 36.4 Å². The molecule has 2 aromatic carbocycles. The Balaban J connectivity index is 1.87. The zero-order valence-corrected chi connectivity index (χ0v) is 16.6. The first-order valence-electron chi connectivity index (χ1n) is 9.00. The Labute approximate surface area is 171 Å². The average Bonchev–Trinajstić information content (AvgIpc) is 2.73. The molecule has 0 amide bonds. The van der Waals surface area contributed by atoms with Crippen molar-refractivity contribution in [1.82, 2.24) is 4.98 Å². The van der Waals surface area contributed by atoms with Gasteiger partial charge in [-0.1, -0.05) is 24.3 Å². The Hall–Kier alpha value is -3.07. The maximum absolute atomic E-state index is 13.7. The summed E-state index contributed by atoms with van der Waals surface area (Å²) < 4.78 is 72.5. The molecule has 0 fully saturated rings. The lowest BCUT2D eigenvalue weighted by atomic mass is 10.0. The summed E-state index contributed by atoms with van der Waals surface area (Å²) in [5.74, 6) is 0.186. The third kappa shape index (κ3) is 3.39. The van der Waals surface area contributed by atoms with Crippen molar-refractivity contribution in [2.24, 2.45) is 0 Å². The second kappa shape index (κ2) is 7.02. The molecule has 3 aromatic rings. The molecule has 30 heavy (non-hydrogen) atoms. The van der Waals surface area contributed by atoms with Crippen LogP contribution in [-0.4, -0.2) is 31.7 Å². The van der Waals surface area contributed by atoms with E-state index in [9.17, 15) is 21.6 Å². The number of aromatic nitrogens is 1. The molecule has 1 atom stereocenters. The summed E-state index contributed by atoms with van der Waals surface area (Å²) in [5.41, 5.74) is -2.29. The smallest absolute Gasteiger partial charge is 0.429 e. The lowest BCUT2D eigenvalue weighted by molar-refractivity contribution is -0.239. The van der Waals surface area contributed by atoms with Crippen molar-refractivity contribution in [2.45, 2.75) is 28.5 Å². The van der Waals surface area contributed by atoms with Crippen molar-refractivity contribution in [3.63, 3.8) is 0 Å². The number of ether oxygens (including phenoxy) is 1. The Bertz CT molecular complexity index is 1170. The molecule has 2 heterocycles. The van der Waals surface area contributed by atoms with E-state index in [4.69, 9.17) is 4.74 Å². The van der Waals surface area contributed by atoms with E-state index in [1.165, 1.54) is 41.4 Å². The van der Waals surface area contributed by atoms with Gasteiger partial charge in [-0.3, -0.25) is 0 Å². The van der Waals surface area contributed by atoms with E-state index in [1.807, 2.05) is 0 Å². The molecule has 0 bridgehead atoms. The minimum absolute atomic E-state index is 0.0485. The van der Waals surface area contributed by atoms with Crippen molar-refractivity contribution >= 4 is 21.3 Å². The number of sulfone groups is 1. The molecular formula is C21H17F3N2O3S. The molecule has 0 saturated heterocycles. The Morgan fingerprint density at radius 2 is 1.70 bits per heavy atom. The average molecular weight is 434 g/mol. The normalized spacial score (nSPS) is 19.1. The standard InChI is InChI=1S/C21H17F3N2O3S/c1-20(21(22,23)24)14-26(19-9-5-6-12-25-19)17-13-16(10-11-18(17)29-20)30(27,28)15-7-3-2-4-8-15/h2-13H,14H2,1H3/t20-/m0/s1. The topological polar surface area (TPSA) is 59.5 Å². The number of anilines is 2. The van der Waals surface area contributed by atoms with E-state index in [0.29, 0.717) is 0 Å². The van der Waals surface area contributed by atoms with Gasteiger partial charge in [0.05, 0.1) is 22.0 Å². The van der Waals surface area contributed by atoms with Crippen molar-refractivity contribution in [2.75, 3.05) is 11.4 Å². The number of rotatable bonds is 3. The maximum Gasteiger partial charge on any atom is 0.429 e. The van der Waals surface area contributed by atoms with Gasteiger partial charge in [-0.25, -0.2) is 13.4 Å². The molecule has 0 saturated carbocycles. The fourth-order valence-electron chi connectivity index (χ4n) is 3.22. The van der Waals surface area contributed by atoms with Gasteiger partial charge in [-0.15, -0.1) is 0 Å². The van der Waals surface area contributed by atoms with Gasteiger partial charge in [0.2, 0.25) is 15.4 Å². The molecule has 1 aliphatic rings. The summed E-state index contributed by atoms with van der Waals surface area (Å²) in [6.45, 7) is 0.385. The summed E-state index contributed by atoms with van der Waals surface area (Å²) in [7, 11) is -3.86. The first-order chi connectivity index (χ1) is 14.1. The number of pyridine rings is 1. The Morgan fingerprint density at radius 1 is 1.00 bits per heavy atom. The van der Waals surface area contributed by atoms with E-state index in [0.717, 1.165) is 6.92 Å². The summed E-state index contributed by atoms with van der Waals surface area (Å²) >= 11 is 0. The summed E-state index contributed by atoms with van der Waals surface area (Å²) in [5, 5.41) is 0. The monoisotopic (exact) mass is 434 g/mol. The van der Waals surface area contributed by atoms with Crippen LogP contribution in [0, 0.1) is 0 Å². The number of nitrogens with zero attached hydrogens (tertiary/aromatic N) is 2. The van der Waals surface area contributed by atoms with Crippen LogP contribution in [0.3, 0.4) is 0 Å². The predicted octanol–water partition coefficient (Wildman–Crippen LogP) is 4.77. The second-order valence-electron chi connectivity index (χ2n) is 7.05. The molecule has 156 valence electrons. The van der Waals surface area contributed by atoms with Gasteiger partial charge in [0.15, 0.2) is 0 Å². The van der Waals surface area contributed by atoms with Crippen LogP contribution in [0.4, 0.5) is 24.7 Å². The zero-order chi connectivity index (χ0) is 21.6. The molecule has 1 aliphatic heterocycles. The zero-order valence-electron chi connectivity index (χ0n) is 15.8. The highest BCUT2D eigenvalue weighted by molar-refractivity contribution is 7.91. The highest BCUT2D eigenvalue weighted by atomic mass is 32.2. The molecule has 1 aromatic heterocycles. The number of alkyl halides is 3. The number of hydrogen-bond donors (Lipinski definition) is 0. The van der Waals surface area contributed by atoms with E-state index in [2.05, 4.69) is 4.98 Å². The van der Waals surface area contributed by atoms with E-state index >= 15 is 0 Å². The van der Waals surface area contributed by atoms with Crippen LogP contribution in [0.15, 0.2) is 82.7 Å². The number of fused-ring (bicyclic) bond motifs is 1. The van der Waals surface area contributed by atoms with Gasteiger partial charge in [-0.05, 0) is 49.4 Å². The maximum atomic E-state index is 13.7. The minimum Gasteiger partial charge on any atom is -0.474 e. The lowest BCUT2D eigenvalue weighted by Crippen LogP contribution is -2.57. The van der Waals surface area contributed by atoms with Gasteiger partial charge in [0.1, 0.15) is 11.6 Å². The fourth-order valence-corrected chi connectivity index (χ4v) is 4.53. The van der Waals surface area contributed by atoms with Crippen molar-refractivity contribution < 1.29 is 26.3 Å². The second-order valence-corrected chi connectivity index (χ2v) is 9.00. The molecule has 0 radical (unpaired) electrons. The molecule has 0 spiro atoms.